The summed E-state index contributed by atoms with van der Waals surface area (Å²) < 4.78 is 7.42. The van der Waals surface area contributed by atoms with Crippen molar-refractivity contribution in [2.75, 3.05) is 5.32 Å². The molecule has 3 heterocycles. The summed E-state index contributed by atoms with van der Waals surface area (Å²) >= 11 is 3.34. The second-order valence-corrected chi connectivity index (χ2v) is 6.10. The maximum atomic E-state index is 12.5. The Morgan fingerprint density at radius 3 is 2.85 bits per heavy atom. The van der Waals surface area contributed by atoms with Crippen LogP contribution in [0.25, 0.3) is 16.8 Å². The fourth-order valence-electron chi connectivity index (χ4n) is 2.30. The second kappa shape index (κ2) is 6.48. The monoisotopic (exact) mass is 412 g/mol. The minimum absolute atomic E-state index is 0.128. The molecule has 26 heavy (non-hydrogen) atoms. The van der Waals surface area contributed by atoms with Gasteiger partial charge in [0.15, 0.2) is 5.82 Å². The third-order valence-electron chi connectivity index (χ3n) is 3.49. The predicted octanol–water partition coefficient (Wildman–Crippen LogP) is 2.18. The van der Waals surface area contributed by atoms with Crippen molar-refractivity contribution in [3.8, 4) is 5.82 Å². The van der Waals surface area contributed by atoms with Gasteiger partial charge in [0.1, 0.15) is 35.9 Å². The van der Waals surface area contributed by atoms with Gasteiger partial charge in [0, 0.05) is 15.9 Å². The molecule has 0 aliphatic rings. The third kappa shape index (κ3) is 3.09. The number of anilines is 1. The van der Waals surface area contributed by atoms with E-state index in [1.165, 1.54) is 35.8 Å². The summed E-state index contributed by atoms with van der Waals surface area (Å²) in [6.45, 7) is 0. The van der Waals surface area contributed by atoms with Gasteiger partial charge in [0.2, 0.25) is 0 Å². The highest BCUT2D eigenvalue weighted by molar-refractivity contribution is 9.10. The normalized spacial score (nSPS) is 10.8. The fourth-order valence-corrected chi connectivity index (χ4v) is 2.68. The highest BCUT2D eigenvalue weighted by Crippen LogP contribution is 2.19. The Hall–Kier alpha value is -3.40. The van der Waals surface area contributed by atoms with E-state index in [0.29, 0.717) is 16.8 Å². The SMILES string of the molecule is O=C(Nc1cc(-n2cncn2)ncn1)c1cc2cc(Br)ccc2oc1=O. The molecule has 0 fully saturated rings. The summed E-state index contributed by atoms with van der Waals surface area (Å²) in [6, 6.07) is 8.13. The van der Waals surface area contributed by atoms with E-state index >= 15 is 0 Å². The molecule has 10 heteroatoms. The number of rotatable bonds is 3. The lowest BCUT2D eigenvalue weighted by atomic mass is 10.2. The molecule has 9 nitrogen and oxygen atoms in total. The fraction of sp³-hybridized carbons (Fsp3) is 0. The third-order valence-corrected chi connectivity index (χ3v) is 3.98. The van der Waals surface area contributed by atoms with Crippen molar-refractivity contribution in [1.82, 2.24) is 24.7 Å². The van der Waals surface area contributed by atoms with Crippen LogP contribution in [0, 0.1) is 0 Å². The largest absolute Gasteiger partial charge is 0.422 e. The van der Waals surface area contributed by atoms with Gasteiger partial charge < -0.3 is 9.73 Å². The minimum Gasteiger partial charge on any atom is -0.422 e. The van der Waals surface area contributed by atoms with Gasteiger partial charge in [-0.2, -0.15) is 5.10 Å². The van der Waals surface area contributed by atoms with Crippen molar-refractivity contribution in [3.05, 3.63) is 69.8 Å². The van der Waals surface area contributed by atoms with Gasteiger partial charge in [0.05, 0.1) is 0 Å². The number of benzene rings is 1. The lowest BCUT2D eigenvalue weighted by Gasteiger charge is -2.06. The first-order chi connectivity index (χ1) is 12.6. The molecule has 4 aromatic rings. The van der Waals surface area contributed by atoms with E-state index < -0.39 is 11.5 Å². The first-order valence-electron chi connectivity index (χ1n) is 7.32. The zero-order chi connectivity index (χ0) is 18.1. The molecule has 3 aromatic heterocycles. The molecule has 0 atom stereocenters. The number of hydrogen-bond acceptors (Lipinski definition) is 7. The van der Waals surface area contributed by atoms with Crippen LogP contribution in [0.4, 0.5) is 5.82 Å². The minimum atomic E-state index is -0.733. The van der Waals surface area contributed by atoms with Crippen LogP contribution in [0.5, 0.6) is 0 Å². The zero-order valence-corrected chi connectivity index (χ0v) is 14.5. The predicted molar refractivity (Wildman–Crippen MR) is 95.1 cm³/mol. The van der Waals surface area contributed by atoms with Gasteiger partial charge in [-0.1, -0.05) is 15.9 Å². The molecule has 0 saturated carbocycles. The number of carbonyl (C=O) groups excluding carboxylic acids is 1. The summed E-state index contributed by atoms with van der Waals surface area (Å²) in [7, 11) is 0. The van der Waals surface area contributed by atoms with E-state index in [1.807, 2.05) is 0 Å². The number of carbonyl (C=O) groups is 1. The zero-order valence-electron chi connectivity index (χ0n) is 13.0. The molecular formula is C16H9BrN6O3. The Labute approximate surface area is 153 Å². The Balaban J connectivity index is 1.66. The van der Waals surface area contributed by atoms with E-state index in [0.717, 1.165) is 4.47 Å². The Bertz CT molecular complexity index is 1170. The molecule has 0 spiro atoms. The van der Waals surface area contributed by atoms with Gasteiger partial charge in [-0.15, -0.1) is 0 Å². The average molecular weight is 413 g/mol. The number of hydrogen-bond donors (Lipinski definition) is 1. The van der Waals surface area contributed by atoms with Crippen LogP contribution in [0.3, 0.4) is 0 Å². The van der Waals surface area contributed by atoms with Crippen molar-refractivity contribution >= 4 is 38.6 Å². The van der Waals surface area contributed by atoms with Crippen molar-refractivity contribution in [2.45, 2.75) is 0 Å². The number of aromatic nitrogens is 5. The van der Waals surface area contributed by atoms with E-state index in [4.69, 9.17) is 4.42 Å². The van der Waals surface area contributed by atoms with Crippen molar-refractivity contribution in [1.29, 1.82) is 0 Å². The van der Waals surface area contributed by atoms with Crippen LogP contribution in [0.2, 0.25) is 0 Å². The van der Waals surface area contributed by atoms with Crippen molar-refractivity contribution in [2.24, 2.45) is 0 Å². The molecular weight excluding hydrogens is 404 g/mol. The first kappa shape index (κ1) is 16.1. The van der Waals surface area contributed by atoms with Gasteiger partial charge in [-0.3, -0.25) is 4.79 Å². The standard InChI is InChI=1S/C16H9BrN6O3/c17-10-1-2-12-9(3-10)4-11(16(25)26-12)15(24)22-13-5-14(20-7-19-13)23-8-18-6-21-23/h1-8H,(H,19,20,22,24). The highest BCUT2D eigenvalue weighted by atomic mass is 79.9. The number of fused-ring (bicyclic) bond motifs is 1. The number of halogens is 1. The Morgan fingerprint density at radius 1 is 1.15 bits per heavy atom. The molecule has 0 aliphatic carbocycles. The van der Waals surface area contributed by atoms with Gasteiger partial charge in [0.25, 0.3) is 5.91 Å². The molecule has 1 aromatic carbocycles. The summed E-state index contributed by atoms with van der Waals surface area (Å²) in [5.41, 5.74) is -0.468. The second-order valence-electron chi connectivity index (χ2n) is 5.19. The molecule has 0 radical (unpaired) electrons. The van der Waals surface area contributed by atoms with Crippen LogP contribution in [0.15, 0.2) is 63.0 Å². The van der Waals surface area contributed by atoms with E-state index in [9.17, 15) is 9.59 Å². The molecule has 0 bridgehead atoms. The first-order valence-corrected chi connectivity index (χ1v) is 8.11. The van der Waals surface area contributed by atoms with Crippen LogP contribution in [-0.2, 0) is 0 Å². The maximum Gasteiger partial charge on any atom is 0.349 e. The summed E-state index contributed by atoms with van der Waals surface area (Å²) in [5.74, 6) is -0.00428. The average Bonchev–Trinajstić information content (AvgIpc) is 3.16. The number of amides is 1. The molecule has 1 N–H and O–H groups in total. The van der Waals surface area contributed by atoms with E-state index in [2.05, 4.69) is 41.3 Å². The van der Waals surface area contributed by atoms with Crippen molar-refractivity contribution < 1.29 is 9.21 Å². The summed E-state index contributed by atoms with van der Waals surface area (Å²) in [4.78, 5) is 36.4. The topological polar surface area (TPSA) is 116 Å². The molecule has 1 amide bonds. The lowest BCUT2D eigenvalue weighted by molar-refractivity contribution is 0.102. The van der Waals surface area contributed by atoms with Gasteiger partial charge in [-0.05, 0) is 24.3 Å². The van der Waals surface area contributed by atoms with E-state index in [-0.39, 0.29) is 11.4 Å². The number of nitrogens with zero attached hydrogens (tertiary/aromatic N) is 5. The van der Waals surface area contributed by atoms with Crippen LogP contribution in [-0.4, -0.2) is 30.6 Å². The summed E-state index contributed by atoms with van der Waals surface area (Å²) in [5, 5.41) is 7.13. The molecule has 128 valence electrons. The van der Waals surface area contributed by atoms with Gasteiger partial charge >= 0.3 is 5.63 Å². The van der Waals surface area contributed by atoms with Crippen molar-refractivity contribution in [3.63, 3.8) is 0 Å². The van der Waals surface area contributed by atoms with Crippen LogP contribution < -0.4 is 10.9 Å². The van der Waals surface area contributed by atoms with E-state index in [1.54, 1.807) is 18.2 Å². The smallest absolute Gasteiger partial charge is 0.349 e. The highest BCUT2D eigenvalue weighted by Gasteiger charge is 2.15. The summed E-state index contributed by atoms with van der Waals surface area (Å²) in [6.07, 6.45) is 4.09. The molecule has 0 unspecified atom stereocenters. The molecule has 0 saturated heterocycles. The number of nitrogens with one attached hydrogen (secondary N) is 1. The maximum absolute atomic E-state index is 12.5. The van der Waals surface area contributed by atoms with Crippen LogP contribution >= 0.6 is 15.9 Å². The van der Waals surface area contributed by atoms with Crippen LogP contribution in [0.1, 0.15) is 10.4 Å². The quantitative estimate of drug-likeness (QED) is 0.512. The molecule has 4 rings (SSSR count). The van der Waals surface area contributed by atoms with Gasteiger partial charge in [-0.25, -0.2) is 24.4 Å². The molecule has 0 aliphatic heterocycles. The lowest BCUT2D eigenvalue weighted by Crippen LogP contribution is -2.21. The Kier molecular flexibility index (Phi) is 4.01. The Morgan fingerprint density at radius 2 is 2.04 bits per heavy atom.